The highest BCUT2D eigenvalue weighted by Crippen LogP contribution is 2.47. The first-order chi connectivity index (χ1) is 9.55. The molecule has 1 nitrogen and oxygen atoms in total. The molecule has 2 fully saturated rings. The molecule has 2 aliphatic rings. The summed E-state index contributed by atoms with van der Waals surface area (Å²) in [6.45, 7) is 5.70. The molecule has 1 N–H and O–H groups in total. The van der Waals surface area contributed by atoms with Gasteiger partial charge >= 0.3 is 0 Å². The fourth-order valence-electron chi connectivity index (χ4n) is 3.63. The van der Waals surface area contributed by atoms with E-state index in [1.165, 1.54) is 25.7 Å². The molecule has 2 heteroatoms. The van der Waals surface area contributed by atoms with E-state index in [9.17, 15) is 4.39 Å². The molecule has 0 heterocycles. The molecule has 110 valence electrons. The first kappa shape index (κ1) is 14.1. The zero-order valence-electron chi connectivity index (χ0n) is 12.7. The predicted molar refractivity (Wildman–Crippen MR) is 81.3 cm³/mol. The SMILES string of the molecule is CC1(C)CCC(CNC2CC2)C(c2ccccc2F)C1. The van der Waals surface area contributed by atoms with Crippen LogP contribution in [-0.4, -0.2) is 12.6 Å². The normalized spacial score (nSPS) is 29.4. The third-order valence-corrected chi connectivity index (χ3v) is 5.08. The molecule has 2 saturated carbocycles. The number of halogens is 1. The number of hydrogen-bond acceptors (Lipinski definition) is 1. The van der Waals surface area contributed by atoms with E-state index < -0.39 is 0 Å². The summed E-state index contributed by atoms with van der Waals surface area (Å²) in [6.07, 6.45) is 6.22. The van der Waals surface area contributed by atoms with Crippen LogP contribution in [0.25, 0.3) is 0 Å². The quantitative estimate of drug-likeness (QED) is 0.854. The van der Waals surface area contributed by atoms with Gasteiger partial charge in [0.15, 0.2) is 0 Å². The van der Waals surface area contributed by atoms with Gasteiger partial charge in [0.25, 0.3) is 0 Å². The Balaban J connectivity index is 1.78. The molecule has 2 atom stereocenters. The molecule has 0 bridgehead atoms. The highest BCUT2D eigenvalue weighted by molar-refractivity contribution is 5.24. The zero-order chi connectivity index (χ0) is 14.2. The molecule has 0 saturated heterocycles. The second kappa shape index (κ2) is 5.48. The van der Waals surface area contributed by atoms with Crippen molar-refractivity contribution in [1.29, 1.82) is 0 Å². The lowest BCUT2D eigenvalue weighted by Crippen LogP contribution is -2.35. The summed E-state index contributed by atoms with van der Waals surface area (Å²) in [7, 11) is 0. The van der Waals surface area contributed by atoms with Crippen LogP contribution in [0.3, 0.4) is 0 Å². The van der Waals surface area contributed by atoms with Crippen LogP contribution < -0.4 is 5.32 Å². The van der Waals surface area contributed by atoms with Crippen LogP contribution in [0.1, 0.15) is 57.4 Å². The molecule has 2 aliphatic carbocycles. The number of nitrogens with one attached hydrogen (secondary N) is 1. The first-order valence-corrected chi connectivity index (χ1v) is 8.03. The Hall–Kier alpha value is -0.890. The van der Waals surface area contributed by atoms with Crippen LogP contribution >= 0.6 is 0 Å². The standard InChI is InChI=1S/C18H26FN/c1-18(2)10-9-13(12-20-14-7-8-14)16(11-18)15-5-3-4-6-17(15)19/h3-6,13-14,16,20H,7-12H2,1-2H3. The molecule has 0 aromatic heterocycles. The lowest BCUT2D eigenvalue weighted by atomic mass is 9.65. The van der Waals surface area contributed by atoms with E-state index in [2.05, 4.69) is 19.2 Å². The van der Waals surface area contributed by atoms with Crippen molar-refractivity contribution in [1.82, 2.24) is 5.32 Å². The van der Waals surface area contributed by atoms with Crippen molar-refractivity contribution in [3.63, 3.8) is 0 Å². The lowest BCUT2D eigenvalue weighted by molar-refractivity contribution is 0.157. The molecular weight excluding hydrogens is 249 g/mol. The van der Waals surface area contributed by atoms with Crippen molar-refractivity contribution in [3.8, 4) is 0 Å². The van der Waals surface area contributed by atoms with Crippen molar-refractivity contribution in [3.05, 3.63) is 35.6 Å². The van der Waals surface area contributed by atoms with Crippen LogP contribution in [-0.2, 0) is 0 Å². The minimum atomic E-state index is -0.0216. The summed E-state index contributed by atoms with van der Waals surface area (Å²) < 4.78 is 14.2. The Bertz CT molecular complexity index is 462. The summed E-state index contributed by atoms with van der Waals surface area (Å²) in [5.74, 6) is 0.929. The van der Waals surface area contributed by atoms with Gasteiger partial charge in [-0.1, -0.05) is 32.0 Å². The summed E-state index contributed by atoms with van der Waals surface area (Å²) in [6, 6.07) is 8.12. The molecule has 0 aliphatic heterocycles. The summed E-state index contributed by atoms with van der Waals surface area (Å²) in [4.78, 5) is 0. The van der Waals surface area contributed by atoms with Gasteiger partial charge in [0.05, 0.1) is 0 Å². The van der Waals surface area contributed by atoms with Crippen LogP contribution in [0.15, 0.2) is 24.3 Å². The van der Waals surface area contributed by atoms with Gasteiger partial charge in [-0.25, -0.2) is 4.39 Å². The van der Waals surface area contributed by atoms with E-state index in [0.717, 1.165) is 24.6 Å². The highest BCUT2D eigenvalue weighted by atomic mass is 19.1. The Labute approximate surface area is 122 Å². The predicted octanol–water partition coefficient (Wildman–Crippen LogP) is 4.49. The van der Waals surface area contributed by atoms with Crippen molar-refractivity contribution in [2.75, 3.05) is 6.54 Å². The summed E-state index contributed by atoms with van der Waals surface area (Å²) in [5.41, 5.74) is 1.27. The van der Waals surface area contributed by atoms with Crippen molar-refractivity contribution in [2.45, 2.75) is 57.9 Å². The van der Waals surface area contributed by atoms with Gasteiger partial charge in [0, 0.05) is 6.04 Å². The Morgan fingerprint density at radius 3 is 2.65 bits per heavy atom. The van der Waals surface area contributed by atoms with Crippen molar-refractivity contribution < 1.29 is 4.39 Å². The van der Waals surface area contributed by atoms with Gasteiger partial charge in [-0.3, -0.25) is 0 Å². The number of hydrogen-bond donors (Lipinski definition) is 1. The molecule has 1 aromatic carbocycles. The lowest BCUT2D eigenvalue weighted by Gasteiger charge is -2.41. The van der Waals surface area contributed by atoms with Gasteiger partial charge < -0.3 is 5.32 Å². The van der Waals surface area contributed by atoms with Crippen molar-refractivity contribution >= 4 is 0 Å². The molecule has 20 heavy (non-hydrogen) atoms. The first-order valence-electron chi connectivity index (χ1n) is 8.03. The van der Waals surface area contributed by atoms with Crippen LogP contribution in [0.4, 0.5) is 4.39 Å². The van der Waals surface area contributed by atoms with E-state index in [0.29, 0.717) is 17.3 Å². The maximum absolute atomic E-state index is 14.2. The molecule has 0 radical (unpaired) electrons. The van der Waals surface area contributed by atoms with Crippen molar-refractivity contribution in [2.24, 2.45) is 11.3 Å². The molecule has 3 rings (SSSR count). The van der Waals surface area contributed by atoms with Crippen LogP contribution in [0.2, 0.25) is 0 Å². The summed E-state index contributed by atoms with van der Waals surface area (Å²) >= 11 is 0. The van der Waals surface area contributed by atoms with E-state index in [1.54, 1.807) is 12.1 Å². The minimum absolute atomic E-state index is 0.0216. The maximum Gasteiger partial charge on any atom is 0.126 e. The molecular formula is C18H26FN. The highest BCUT2D eigenvalue weighted by Gasteiger charge is 2.37. The Morgan fingerprint density at radius 1 is 1.20 bits per heavy atom. The Morgan fingerprint density at radius 2 is 1.95 bits per heavy atom. The zero-order valence-corrected chi connectivity index (χ0v) is 12.7. The van der Waals surface area contributed by atoms with Crippen LogP contribution in [0.5, 0.6) is 0 Å². The fraction of sp³-hybridized carbons (Fsp3) is 0.667. The largest absolute Gasteiger partial charge is 0.314 e. The molecule has 2 unspecified atom stereocenters. The Kier molecular flexibility index (Phi) is 3.85. The average molecular weight is 275 g/mol. The summed E-state index contributed by atoms with van der Waals surface area (Å²) in [5, 5.41) is 3.65. The average Bonchev–Trinajstić information content (AvgIpc) is 3.21. The maximum atomic E-state index is 14.2. The van der Waals surface area contributed by atoms with Gasteiger partial charge in [0.1, 0.15) is 5.82 Å². The van der Waals surface area contributed by atoms with E-state index in [-0.39, 0.29) is 5.82 Å². The topological polar surface area (TPSA) is 12.0 Å². The number of rotatable bonds is 4. The second-order valence-electron chi connectivity index (χ2n) is 7.48. The second-order valence-corrected chi connectivity index (χ2v) is 7.48. The molecule has 0 spiro atoms. The third-order valence-electron chi connectivity index (χ3n) is 5.08. The van der Waals surface area contributed by atoms with Gasteiger partial charge in [-0.15, -0.1) is 0 Å². The molecule has 0 amide bonds. The van der Waals surface area contributed by atoms with E-state index >= 15 is 0 Å². The monoisotopic (exact) mass is 275 g/mol. The molecule has 1 aromatic rings. The van der Waals surface area contributed by atoms with Gasteiger partial charge in [-0.2, -0.15) is 0 Å². The smallest absolute Gasteiger partial charge is 0.126 e. The van der Waals surface area contributed by atoms with Gasteiger partial charge in [0.2, 0.25) is 0 Å². The van der Waals surface area contributed by atoms with Gasteiger partial charge in [-0.05, 0) is 67.5 Å². The third kappa shape index (κ3) is 3.22. The fourth-order valence-corrected chi connectivity index (χ4v) is 3.63. The van der Waals surface area contributed by atoms with E-state index in [4.69, 9.17) is 0 Å². The minimum Gasteiger partial charge on any atom is -0.314 e. The number of benzene rings is 1. The van der Waals surface area contributed by atoms with E-state index in [1.807, 2.05) is 12.1 Å². The van der Waals surface area contributed by atoms with Crippen LogP contribution in [0, 0.1) is 17.2 Å².